The minimum Gasteiger partial charge on any atom is -0.480 e. The number of nitrogens with zero attached hydrogens (tertiary/aromatic N) is 4. The molecular weight excluding hydrogens is 258 g/mol. The predicted octanol–water partition coefficient (Wildman–Crippen LogP) is 1.15. The Kier molecular flexibility index (Phi) is 3.96. The van der Waals surface area contributed by atoms with Crippen LogP contribution in [-0.2, 0) is 17.9 Å². The summed E-state index contributed by atoms with van der Waals surface area (Å²) in [5, 5.41) is 28.4. The van der Waals surface area contributed by atoms with E-state index in [-0.39, 0.29) is 6.54 Å². The number of hydrogen-bond acceptors (Lipinski definition) is 5. The Bertz CT molecular complexity index is 672. The highest BCUT2D eigenvalue weighted by molar-refractivity contribution is 5.66. The fraction of sp³-hybridized carbons (Fsp3) is 0.231. The number of aliphatic carboxylic acids is 1. The van der Waals surface area contributed by atoms with Gasteiger partial charge in [-0.25, -0.2) is 4.68 Å². The summed E-state index contributed by atoms with van der Waals surface area (Å²) < 4.78 is 1.25. The summed E-state index contributed by atoms with van der Waals surface area (Å²) in [6.45, 7) is 2.07. The SMILES string of the molecule is Cc1ccc(NCc2cn(CC(=O)O)nn2)c(C#N)c1. The third kappa shape index (κ3) is 3.32. The molecule has 0 amide bonds. The van der Waals surface area contributed by atoms with E-state index in [1.165, 1.54) is 4.68 Å². The number of nitrogens with one attached hydrogen (secondary N) is 1. The second kappa shape index (κ2) is 5.84. The molecule has 0 aliphatic rings. The van der Waals surface area contributed by atoms with Crippen molar-refractivity contribution in [2.45, 2.75) is 20.0 Å². The molecular formula is C13H13N5O2. The number of aromatic nitrogens is 3. The van der Waals surface area contributed by atoms with E-state index in [0.29, 0.717) is 23.5 Å². The highest BCUT2D eigenvalue weighted by atomic mass is 16.4. The smallest absolute Gasteiger partial charge is 0.325 e. The van der Waals surface area contributed by atoms with Gasteiger partial charge in [0.05, 0.1) is 24.0 Å². The zero-order valence-corrected chi connectivity index (χ0v) is 10.9. The number of anilines is 1. The van der Waals surface area contributed by atoms with Gasteiger partial charge in [0.2, 0.25) is 0 Å². The van der Waals surface area contributed by atoms with Gasteiger partial charge in [-0.05, 0) is 24.6 Å². The standard InChI is InChI=1S/C13H13N5O2/c1-9-2-3-12(10(4-9)5-14)15-6-11-7-18(17-16-11)8-13(19)20/h2-4,7,15H,6,8H2,1H3,(H,19,20). The van der Waals surface area contributed by atoms with Crippen molar-refractivity contribution in [3.8, 4) is 6.07 Å². The molecule has 1 aromatic carbocycles. The Balaban J connectivity index is 2.04. The number of carboxylic acid groups (broad SMARTS) is 1. The first kappa shape index (κ1) is 13.5. The number of nitriles is 1. The van der Waals surface area contributed by atoms with Gasteiger partial charge in [-0.2, -0.15) is 5.26 Å². The van der Waals surface area contributed by atoms with Crippen molar-refractivity contribution in [1.82, 2.24) is 15.0 Å². The fourth-order valence-corrected chi connectivity index (χ4v) is 1.73. The summed E-state index contributed by atoms with van der Waals surface area (Å²) in [7, 11) is 0. The minimum atomic E-state index is -0.972. The van der Waals surface area contributed by atoms with Gasteiger partial charge in [-0.1, -0.05) is 11.3 Å². The van der Waals surface area contributed by atoms with Crippen LogP contribution in [0.15, 0.2) is 24.4 Å². The molecule has 0 saturated heterocycles. The molecule has 2 rings (SSSR count). The molecule has 0 aliphatic heterocycles. The highest BCUT2D eigenvalue weighted by Crippen LogP contribution is 2.16. The molecule has 1 heterocycles. The van der Waals surface area contributed by atoms with Crippen molar-refractivity contribution in [3.63, 3.8) is 0 Å². The Hall–Kier alpha value is -2.88. The Morgan fingerprint density at radius 2 is 2.35 bits per heavy atom. The molecule has 1 aromatic heterocycles. The molecule has 102 valence electrons. The third-order valence-corrected chi connectivity index (χ3v) is 2.64. The lowest BCUT2D eigenvalue weighted by molar-refractivity contribution is -0.137. The van der Waals surface area contributed by atoms with Gasteiger partial charge >= 0.3 is 5.97 Å². The summed E-state index contributed by atoms with van der Waals surface area (Å²) >= 11 is 0. The van der Waals surface area contributed by atoms with Crippen LogP contribution in [-0.4, -0.2) is 26.1 Å². The summed E-state index contributed by atoms with van der Waals surface area (Å²) in [6, 6.07) is 7.65. The van der Waals surface area contributed by atoms with E-state index in [1.807, 2.05) is 19.1 Å². The first-order chi connectivity index (χ1) is 9.58. The molecule has 0 bridgehead atoms. The normalized spacial score (nSPS) is 10.0. The van der Waals surface area contributed by atoms with Crippen LogP contribution < -0.4 is 5.32 Å². The lowest BCUT2D eigenvalue weighted by Gasteiger charge is -2.06. The Morgan fingerprint density at radius 3 is 3.05 bits per heavy atom. The van der Waals surface area contributed by atoms with Crippen LogP contribution in [0.4, 0.5) is 5.69 Å². The van der Waals surface area contributed by atoms with E-state index in [1.54, 1.807) is 12.3 Å². The number of hydrogen-bond donors (Lipinski definition) is 2. The average molecular weight is 271 g/mol. The summed E-state index contributed by atoms with van der Waals surface area (Å²) in [4.78, 5) is 10.5. The first-order valence-electron chi connectivity index (χ1n) is 5.94. The van der Waals surface area contributed by atoms with Gasteiger partial charge in [0.15, 0.2) is 0 Å². The summed E-state index contributed by atoms with van der Waals surface area (Å²) in [5.74, 6) is -0.972. The van der Waals surface area contributed by atoms with Crippen LogP contribution >= 0.6 is 0 Å². The second-order valence-corrected chi connectivity index (χ2v) is 4.32. The highest BCUT2D eigenvalue weighted by Gasteiger charge is 2.06. The molecule has 7 heteroatoms. The van der Waals surface area contributed by atoms with Crippen molar-refractivity contribution in [2.24, 2.45) is 0 Å². The van der Waals surface area contributed by atoms with Crippen molar-refractivity contribution in [2.75, 3.05) is 5.32 Å². The van der Waals surface area contributed by atoms with Gasteiger partial charge in [0, 0.05) is 0 Å². The van der Waals surface area contributed by atoms with Gasteiger partial charge in [-0.15, -0.1) is 5.10 Å². The largest absolute Gasteiger partial charge is 0.480 e. The van der Waals surface area contributed by atoms with Crippen LogP contribution in [0.5, 0.6) is 0 Å². The molecule has 7 nitrogen and oxygen atoms in total. The third-order valence-electron chi connectivity index (χ3n) is 2.64. The maximum Gasteiger partial charge on any atom is 0.325 e. The molecule has 0 saturated carbocycles. The lowest BCUT2D eigenvalue weighted by atomic mass is 10.1. The van der Waals surface area contributed by atoms with E-state index in [9.17, 15) is 4.79 Å². The van der Waals surface area contributed by atoms with Gasteiger partial charge in [-0.3, -0.25) is 4.79 Å². The van der Waals surface area contributed by atoms with Gasteiger partial charge in [0.1, 0.15) is 18.3 Å². The molecule has 0 atom stereocenters. The zero-order chi connectivity index (χ0) is 14.5. The van der Waals surface area contributed by atoms with E-state index in [2.05, 4.69) is 21.7 Å². The van der Waals surface area contributed by atoms with Crippen molar-refractivity contribution in [3.05, 3.63) is 41.2 Å². The lowest BCUT2D eigenvalue weighted by Crippen LogP contribution is -2.09. The van der Waals surface area contributed by atoms with Gasteiger partial charge in [0.25, 0.3) is 0 Å². The zero-order valence-electron chi connectivity index (χ0n) is 10.9. The van der Waals surface area contributed by atoms with Crippen LogP contribution in [0, 0.1) is 18.3 Å². The Labute approximate surface area is 115 Å². The maximum atomic E-state index is 10.5. The fourth-order valence-electron chi connectivity index (χ4n) is 1.73. The van der Waals surface area contributed by atoms with Crippen LogP contribution in [0.25, 0.3) is 0 Å². The molecule has 0 radical (unpaired) electrons. The van der Waals surface area contributed by atoms with Crippen LogP contribution in [0.2, 0.25) is 0 Å². The predicted molar refractivity (Wildman–Crippen MR) is 70.9 cm³/mol. The molecule has 2 N–H and O–H groups in total. The molecule has 2 aromatic rings. The van der Waals surface area contributed by atoms with Crippen LogP contribution in [0.1, 0.15) is 16.8 Å². The second-order valence-electron chi connectivity index (χ2n) is 4.32. The average Bonchev–Trinajstić information content (AvgIpc) is 2.84. The number of benzene rings is 1. The monoisotopic (exact) mass is 271 g/mol. The van der Waals surface area contributed by atoms with E-state index < -0.39 is 5.97 Å². The number of carboxylic acids is 1. The first-order valence-corrected chi connectivity index (χ1v) is 5.94. The number of rotatable bonds is 5. The summed E-state index contributed by atoms with van der Waals surface area (Å²) in [5.41, 5.74) is 2.89. The van der Waals surface area contributed by atoms with Gasteiger partial charge < -0.3 is 10.4 Å². The summed E-state index contributed by atoms with van der Waals surface area (Å²) in [6.07, 6.45) is 1.56. The van der Waals surface area contributed by atoms with Crippen molar-refractivity contribution < 1.29 is 9.90 Å². The molecule has 0 fully saturated rings. The van der Waals surface area contributed by atoms with E-state index in [4.69, 9.17) is 10.4 Å². The Morgan fingerprint density at radius 1 is 1.55 bits per heavy atom. The maximum absolute atomic E-state index is 10.5. The molecule has 0 aliphatic carbocycles. The quantitative estimate of drug-likeness (QED) is 0.845. The minimum absolute atomic E-state index is 0.221. The van der Waals surface area contributed by atoms with E-state index >= 15 is 0 Å². The topological polar surface area (TPSA) is 104 Å². The van der Waals surface area contributed by atoms with E-state index in [0.717, 1.165) is 5.56 Å². The molecule has 0 spiro atoms. The molecule has 0 unspecified atom stereocenters. The number of carbonyl (C=O) groups is 1. The molecule has 20 heavy (non-hydrogen) atoms. The van der Waals surface area contributed by atoms with Crippen molar-refractivity contribution >= 4 is 11.7 Å². The number of aryl methyl sites for hydroxylation is 1. The van der Waals surface area contributed by atoms with Crippen molar-refractivity contribution in [1.29, 1.82) is 5.26 Å². The van der Waals surface area contributed by atoms with Crippen LogP contribution in [0.3, 0.4) is 0 Å².